The molecule has 1 aliphatic rings. The van der Waals surface area contributed by atoms with Gasteiger partial charge < -0.3 is 14.6 Å². The Kier molecular flexibility index (Phi) is 4.99. The van der Waals surface area contributed by atoms with E-state index < -0.39 is 0 Å². The molecule has 0 saturated carbocycles. The van der Waals surface area contributed by atoms with Crippen LogP contribution < -0.4 is 10.2 Å². The Morgan fingerprint density at radius 2 is 2.00 bits per heavy atom. The van der Waals surface area contributed by atoms with Gasteiger partial charge in [0, 0.05) is 19.2 Å². The number of carbonyl (C=O) groups is 1. The number of nitrogens with zero attached hydrogens (tertiary/aromatic N) is 1. The van der Waals surface area contributed by atoms with Crippen LogP contribution in [0, 0.1) is 12.7 Å². The van der Waals surface area contributed by atoms with E-state index in [4.69, 9.17) is 4.42 Å². The third kappa shape index (κ3) is 4.04. The van der Waals surface area contributed by atoms with Gasteiger partial charge in [-0.25, -0.2) is 4.39 Å². The first-order valence-corrected chi connectivity index (χ1v) is 8.22. The Morgan fingerprint density at radius 1 is 1.21 bits per heavy atom. The van der Waals surface area contributed by atoms with Crippen LogP contribution in [0.1, 0.15) is 30.8 Å². The Bertz CT molecular complexity index is 746. The van der Waals surface area contributed by atoms with Gasteiger partial charge >= 0.3 is 0 Å². The first-order chi connectivity index (χ1) is 11.6. The molecule has 1 saturated heterocycles. The van der Waals surface area contributed by atoms with Gasteiger partial charge in [0.25, 0.3) is 0 Å². The monoisotopic (exact) mass is 328 g/mol. The first-order valence-electron chi connectivity index (χ1n) is 8.22. The van der Waals surface area contributed by atoms with Crippen LogP contribution in [0.15, 0.2) is 40.8 Å². The standard InChI is InChI=1S/C19H21FN2O2/c1-14-5-7-16(24-14)8-10-19(23)21-17-13-15(20)6-9-18(17)22-11-3-2-4-12-22/h5-10,13H,2-4,11-12H2,1H3,(H,21,23)/b10-8+. The van der Waals surface area contributed by atoms with Crippen molar-refractivity contribution < 1.29 is 13.6 Å². The number of piperidine rings is 1. The highest BCUT2D eigenvalue weighted by Gasteiger charge is 2.16. The third-order valence-electron chi connectivity index (χ3n) is 4.07. The molecule has 126 valence electrons. The molecule has 0 unspecified atom stereocenters. The summed E-state index contributed by atoms with van der Waals surface area (Å²) in [6.07, 6.45) is 6.43. The smallest absolute Gasteiger partial charge is 0.248 e. The van der Waals surface area contributed by atoms with Crippen LogP contribution in [0.5, 0.6) is 0 Å². The molecule has 1 aliphatic heterocycles. The molecule has 24 heavy (non-hydrogen) atoms. The van der Waals surface area contributed by atoms with Crippen molar-refractivity contribution >= 4 is 23.4 Å². The maximum Gasteiger partial charge on any atom is 0.248 e. The number of hydrogen-bond acceptors (Lipinski definition) is 3. The SMILES string of the molecule is Cc1ccc(/C=C/C(=O)Nc2cc(F)ccc2N2CCCCC2)o1. The molecule has 1 N–H and O–H groups in total. The van der Waals surface area contributed by atoms with Gasteiger partial charge in [-0.2, -0.15) is 0 Å². The molecule has 1 amide bonds. The molecule has 0 aliphatic carbocycles. The second-order valence-corrected chi connectivity index (χ2v) is 5.98. The number of rotatable bonds is 4. The molecule has 2 aromatic rings. The van der Waals surface area contributed by atoms with Gasteiger partial charge in [-0.1, -0.05) is 0 Å². The summed E-state index contributed by atoms with van der Waals surface area (Å²) in [6.45, 7) is 3.70. The topological polar surface area (TPSA) is 45.5 Å². The average Bonchev–Trinajstić information content (AvgIpc) is 2.99. The number of carbonyl (C=O) groups excluding carboxylic acids is 1. The Labute approximate surface area is 141 Å². The van der Waals surface area contributed by atoms with Crippen LogP contribution in [0.3, 0.4) is 0 Å². The number of nitrogens with one attached hydrogen (secondary N) is 1. The fraction of sp³-hybridized carbons (Fsp3) is 0.316. The molecule has 0 bridgehead atoms. The van der Waals surface area contributed by atoms with Crippen LogP contribution in [-0.2, 0) is 4.79 Å². The van der Waals surface area contributed by atoms with Crippen LogP contribution in [-0.4, -0.2) is 19.0 Å². The van der Waals surface area contributed by atoms with E-state index in [0.29, 0.717) is 11.4 Å². The molecular formula is C19H21FN2O2. The number of hydrogen-bond donors (Lipinski definition) is 1. The van der Waals surface area contributed by atoms with Gasteiger partial charge in [-0.15, -0.1) is 0 Å². The number of amides is 1. The van der Waals surface area contributed by atoms with Gasteiger partial charge in [-0.05, 0) is 62.6 Å². The number of furan rings is 1. The minimum absolute atomic E-state index is 0.312. The lowest BCUT2D eigenvalue weighted by Crippen LogP contribution is -2.30. The van der Waals surface area contributed by atoms with Crippen molar-refractivity contribution in [1.82, 2.24) is 0 Å². The van der Waals surface area contributed by atoms with Gasteiger partial charge in [0.05, 0.1) is 11.4 Å². The predicted molar refractivity (Wildman–Crippen MR) is 93.6 cm³/mol. The Balaban J connectivity index is 1.74. The summed E-state index contributed by atoms with van der Waals surface area (Å²) in [5, 5.41) is 2.78. The second-order valence-electron chi connectivity index (χ2n) is 5.98. The first kappa shape index (κ1) is 16.3. The van der Waals surface area contributed by atoms with E-state index in [1.165, 1.54) is 24.6 Å². The zero-order valence-corrected chi connectivity index (χ0v) is 13.7. The second kappa shape index (κ2) is 7.34. The molecule has 3 rings (SSSR count). The Hall–Kier alpha value is -2.56. The summed E-state index contributed by atoms with van der Waals surface area (Å²) in [4.78, 5) is 14.4. The van der Waals surface area contributed by atoms with Crippen molar-refractivity contribution in [1.29, 1.82) is 0 Å². The molecule has 0 atom stereocenters. The van der Waals surface area contributed by atoms with Crippen LogP contribution in [0.25, 0.3) is 6.08 Å². The van der Waals surface area contributed by atoms with E-state index in [-0.39, 0.29) is 11.7 Å². The van der Waals surface area contributed by atoms with Gasteiger partial charge in [0.2, 0.25) is 5.91 Å². The van der Waals surface area contributed by atoms with Gasteiger partial charge in [0.1, 0.15) is 17.3 Å². The van der Waals surface area contributed by atoms with Crippen molar-refractivity contribution in [2.75, 3.05) is 23.3 Å². The lowest BCUT2D eigenvalue weighted by atomic mass is 10.1. The molecule has 0 radical (unpaired) electrons. The minimum atomic E-state index is -0.364. The van der Waals surface area contributed by atoms with E-state index in [1.54, 1.807) is 18.2 Å². The Morgan fingerprint density at radius 3 is 2.71 bits per heavy atom. The molecule has 1 aromatic carbocycles. The van der Waals surface area contributed by atoms with Crippen molar-refractivity contribution in [3.63, 3.8) is 0 Å². The maximum absolute atomic E-state index is 13.6. The average molecular weight is 328 g/mol. The van der Waals surface area contributed by atoms with Crippen LogP contribution in [0.4, 0.5) is 15.8 Å². The van der Waals surface area contributed by atoms with E-state index in [1.807, 2.05) is 13.0 Å². The highest BCUT2D eigenvalue weighted by molar-refractivity contribution is 6.03. The van der Waals surface area contributed by atoms with Crippen molar-refractivity contribution in [3.8, 4) is 0 Å². The highest BCUT2D eigenvalue weighted by Crippen LogP contribution is 2.29. The van der Waals surface area contributed by atoms with Crippen LogP contribution in [0.2, 0.25) is 0 Å². The lowest BCUT2D eigenvalue weighted by molar-refractivity contribution is -0.111. The van der Waals surface area contributed by atoms with E-state index in [0.717, 1.165) is 37.4 Å². The maximum atomic E-state index is 13.6. The molecule has 1 aromatic heterocycles. The normalized spacial score (nSPS) is 15.0. The van der Waals surface area contributed by atoms with Crippen LogP contribution >= 0.6 is 0 Å². The summed E-state index contributed by atoms with van der Waals surface area (Å²) < 4.78 is 19.0. The largest absolute Gasteiger partial charge is 0.462 e. The molecule has 5 heteroatoms. The number of benzene rings is 1. The molecule has 1 fully saturated rings. The number of halogens is 1. The van der Waals surface area contributed by atoms with Gasteiger partial charge in [0.15, 0.2) is 0 Å². The van der Waals surface area contributed by atoms with Gasteiger partial charge in [-0.3, -0.25) is 4.79 Å². The lowest BCUT2D eigenvalue weighted by Gasteiger charge is -2.30. The van der Waals surface area contributed by atoms with E-state index in [9.17, 15) is 9.18 Å². The molecule has 2 heterocycles. The number of anilines is 2. The summed E-state index contributed by atoms with van der Waals surface area (Å²) in [6, 6.07) is 8.16. The fourth-order valence-corrected chi connectivity index (χ4v) is 2.89. The van der Waals surface area contributed by atoms with E-state index >= 15 is 0 Å². The highest BCUT2D eigenvalue weighted by atomic mass is 19.1. The molecule has 4 nitrogen and oxygen atoms in total. The summed E-state index contributed by atoms with van der Waals surface area (Å²) in [5.41, 5.74) is 1.37. The number of aryl methyl sites for hydroxylation is 1. The summed E-state index contributed by atoms with van der Waals surface area (Å²) in [7, 11) is 0. The summed E-state index contributed by atoms with van der Waals surface area (Å²) >= 11 is 0. The molecular weight excluding hydrogens is 307 g/mol. The van der Waals surface area contributed by atoms with Crippen molar-refractivity contribution in [2.45, 2.75) is 26.2 Å². The minimum Gasteiger partial charge on any atom is -0.462 e. The van der Waals surface area contributed by atoms with Crippen molar-refractivity contribution in [2.24, 2.45) is 0 Å². The quantitative estimate of drug-likeness (QED) is 0.848. The third-order valence-corrected chi connectivity index (χ3v) is 4.07. The predicted octanol–water partition coefficient (Wildman–Crippen LogP) is 4.37. The zero-order valence-electron chi connectivity index (χ0n) is 13.7. The summed E-state index contributed by atoms with van der Waals surface area (Å²) in [5.74, 6) is 0.718. The molecule has 0 spiro atoms. The van der Waals surface area contributed by atoms with Crippen molar-refractivity contribution in [3.05, 3.63) is 53.7 Å². The van der Waals surface area contributed by atoms with E-state index in [2.05, 4.69) is 10.2 Å². The fourth-order valence-electron chi connectivity index (χ4n) is 2.89. The zero-order chi connectivity index (χ0) is 16.9.